The standard InChI is InChI=1S/C22H23N3O4/c1-25-13-19(18-9-2-3-10-20(18)25)22(27)24-23-21(26)15-6-4-7-16(12-15)29-14-17-8-5-11-28-17/h2-4,6-7,9-10,12-13,17H,5,8,11,14H2,1H3,(H,23,26)(H,24,27). The van der Waals surface area contributed by atoms with Crippen molar-refractivity contribution in [3.05, 3.63) is 65.9 Å². The van der Waals surface area contributed by atoms with Gasteiger partial charge in [0, 0.05) is 36.3 Å². The molecule has 2 aromatic carbocycles. The number of carbonyl (C=O) groups is 2. The first-order valence-corrected chi connectivity index (χ1v) is 9.61. The molecule has 1 unspecified atom stereocenters. The van der Waals surface area contributed by atoms with Crippen molar-refractivity contribution in [3.8, 4) is 5.75 Å². The zero-order valence-electron chi connectivity index (χ0n) is 16.2. The molecule has 1 aromatic heterocycles. The summed E-state index contributed by atoms with van der Waals surface area (Å²) in [5.74, 6) is -0.199. The van der Waals surface area contributed by atoms with Crippen molar-refractivity contribution in [2.75, 3.05) is 13.2 Å². The molecular formula is C22H23N3O4. The average Bonchev–Trinajstić information content (AvgIpc) is 3.39. The van der Waals surface area contributed by atoms with Crippen molar-refractivity contribution < 1.29 is 19.1 Å². The summed E-state index contributed by atoms with van der Waals surface area (Å²) in [5, 5.41) is 0.825. The number of hydrogen-bond acceptors (Lipinski definition) is 4. The van der Waals surface area contributed by atoms with Crippen LogP contribution >= 0.6 is 0 Å². The van der Waals surface area contributed by atoms with Crippen LogP contribution in [-0.2, 0) is 11.8 Å². The zero-order valence-corrected chi connectivity index (χ0v) is 16.2. The molecule has 2 N–H and O–H groups in total. The van der Waals surface area contributed by atoms with E-state index in [0.29, 0.717) is 23.5 Å². The number of carbonyl (C=O) groups excluding carboxylic acids is 2. The number of aryl methyl sites for hydroxylation is 1. The van der Waals surface area contributed by atoms with Crippen LogP contribution in [0.4, 0.5) is 0 Å². The summed E-state index contributed by atoms with van der Waals surface area (Å²) >= 11 is 0. The minimum atomic E-state index is -0.416. The SMILES string of the molecule is Cn1cc(C(=O)NNC(=O)c2cccc(OCC3CCCO3)c2)c2ccccc21. The molecule has 2 amide bonds. The lowest BCUT2D eigenvalue weighted by atomic mass is 10.2. The number of para-hydroxylation sites is 1. The van der Waals surface area contributed by atoms with Crippen LogP contribution in [0.15, 0.2) is 54.7 Å². The summed E-state index contributed by atoms with van der Waals surface area (Å²) in [6.45, 7) is 1.23. The summed E-state index contributed by atoms with van der Waals surface area (Å²) in [5.41, 5.74) is 6.79. The molecule has 4 rings (SSSR count). The van der Waals surface area contributed by atoms with E-state index in [1.54, 1.807) is 30.5 Å². The first-order valence-electron chi connectivity index (χ1n) is 9.61. The molecule has 1 saturated heterocycles. The topological polar surface area (TPSA) is 81.6 Å². The number of fused-ring (bicyclic) bond motifs is 1. The van der Waals surface area contributed by atoms with Crippen LogP contribution in [0, 0.1) is 0 Å². The van der Waals surface area contributed by atoms with Crippen LogP contribution in [-0.4, -0.2) is 35.7 Å². The summed E-state index contributed by atoms with van der Waals surface area (Å²) < 4.78 is 13.1. The van der Waals surface area contributed by atoms with Gasteiger partial charge in [0.05, 0.1) is 11.7 Å². The fourth-order valence-corrected chi connectivity index (χ4v) is 3.47. The highest BCUT2D eigenvalue weighted by Crippen LogP contribution is 2.20. The van der Waals surface area contributed by atoms with E-state index in [-0.39, 0.29) is 12.0 Å². The van der Waals surface area contributed by atoms with Gasteiger partial charge in [0.15, 0.2) is 0 Å². The highest BCUT2D eigenvalue weighted by molar-refractivity contribution is 6.08. The lowest BCUT2D eigenvalue weighted by Gasteiger charge is -2.12. The maximum atomic E-state index is 12.5. The van der Waals surface area contributed by atoms with Crippen LogP contribution in [0.3, 0.4) is 0 Å². The Labute approximate surface area is 168 Å². The zero-order chi connectivity index (χ0) is 20.2. The van der Waals surface area contributed by atoms with E-state index in [2.05, 4.69) is 10.9 Å². The minimum Gasteiger partial charge on any atom is -0.491 e. The maximum Gasteiger partial charge on any atom is 0.271 e. The average molecular weight is 393 g/mol. The number of hydrazine groups is 1. The van der Waals surface area contributed by atoms with E-state index in [4.69, 9.17) is 9.47 Å². The number of aromatic nitrogens is 1. The first kappa shape index (κ1) is 19.0. The Kier molecular flexibility index (Phi) is 5.48. The van der Waals surface area contributed by atoms with Gasteiger partial charge in [-0.15, -0.1) is 0 Å². The summed E-state index contributed by atoms with van der Waals surface area (Å²) in [6, 6.07) is 14.5. The van der Waals surface area contributed by atoms with Gasteiger partial charge in [0.25, 0.3) is 11.8 Å². The van der Waals surface area contributed by atoms with Gasteiger partial charge >= 0.3 is 0 Å². The molecule has 3 aromatic rings. The number of rotatable bonds is 5. The highest BCUT2D eigenvalue weighted by atomic mass is 16.5. The summed E-state index contributed by atoms with van der Waals surface area (Å²) in [7, 11) is 1.87. The molecule has 0 spiro atoms. The second kappa shape index (κ2) is 8.36. The van der Waals surface area contributed by atoms with Gasteiger partial charge in [-0.05, 0) is 37.1 Å². The molecule has 2 heterocycles. The Balaban J connectivity index is 1.37. The molecule has 0 bridgehead atoms. The second-order valence-electron chi connectivity index (χ2n) is 7.05. The van der Waals surface area contributed by atoms with Gasteiger partial charge in [0.2, 0.25) is 0 Å². The van der Waals surface area contributed by atoms with Gasteiger partial charge < -0.3 is 14.0 Å². The molecule has 0 saturated carbocycles. The Morgan fingerprint density at radius 2 is 1.97 bits per heavy atom. The Morgan fingerprint density at radius 3 is 2.79 bits per heavy atom. The smallest absolute Gasteiger partial charge is 0.271 e. The van der Waals surface area contributed by atoms with Gasteiger partial charge in [-0.2, -0.15) is 0 Å². The largest absolute Gasteiger partial charge is 0.491 e. The van der Waals surface area contributed by atoms with Gasteiger partial charge in [-0.3, -0.25) is 20.4 Å². The molecule has 1 atom stereocenters. The van der Waals surface area contributed by atoms with E-state index >= 15 is 0 Å². The van der Waals surface area contributed by atoms with Crippen molar-refractivity contribution in [2.24, 2.45) is 7.05 Å². The van der Waals surface area contributed by atoms with Crippen molar-refractivity contribution in [2.45, 2.75) is 18.9 Å². The number of nitrogens with zero attached hydrogens (tertiary/aromatic N) is 1. The lowest BCUT2D eigenvalue weighted by Crippen LogP contribution is -2.41. The number of amides is 2. The van der Waals surface area contributed by atoms with Crippen LogP contribution in [0.1, 0.15) is 33.6 Å². The first-order chi connectivity index (χ1) is 14.1. The van der Waals surface area contributed by atoms with Crippen LogP contribution in [0.5, 0.6) is 5.75 Å². The van der Waals surface area contributed by atoms with E-state index in [0.717, 1.165) is 30.4 Å². The number of nitrogens with one attached hydrogen (secondary N) is 2. The third-order valence-electron chi connectivity index (χ3n) is 4.99. The van der Waals surface area contributed by atoms with E-state index < -0.39 is 5.91 Å². The van der Waals surface area contributed by atoms with Crippen molar-refractivity contribution in [3.63, 3.8) is 0 Å². The van der Waals surface area contributed by atoms with Crippen molar-refractivity contribution >= 4 is 22.7 Å². The molecule has 7 heteroatoms. The number of hydrogen-bond donors (Lipinski definition) is 2. The fourth-order valence-electron chi connectivity index (χ4n) is 3.47. The quantitative estimate of drug-likeness (QED) is 0.653. The Hall–Kier alpha value is -3.32. The number of benzene rings is 2. The Bertz CT molecular complexity index is 1040. The van der Waals surface area contributed by atoms with Crippen molar-refractivity contribution in [1.82, 2.24) is 15.4 Å². The molecule has 1 aliphatic rings. The molecule has 7 nitrogen and oxygen atoms in total. The third-order valence-corrected chi connectivity index (χ3v) is 4.99. The molecule has 29 heavy (non-hydrogen) atoms. The maximum absolute atomic E-state index is 12.5. The highest BCUT2D eigenvalue weighted by Gasteiger charge is 2.17. The van der Waals surface area contributed by atoms with Gasteiger partial charge in [-0.1, -0.05) is 24.3 Å². The van der Waals surface area contributed by atoms with Crippen LogP contribution in [0.25, 0.3) is 10.9 Å². The fraction of sp³-hybridized carbons (Fsp3) is 0.273. The second-order valence-corrected chi connectivity index (χ2v) is 7.05. The van der Waals surface area contributed by atoms with E-state index in [1.165, 1.54) is 0 Å². The molecule has 0 radical (unpaired) electrons. The van der Waals surface area contributed by atoms with Crippen molar-refractivity contribution in [1.29, 1.82) is 0 Å². The summed E-state index contributed by atoms with van der Waals surface area (Å²) in [4.78, 5) is 25.0. The predicted octanol–water partition coefficient (Wildman–Crippen LogP) is 2.81. The van der Waals surface area contributed by atoms with Crippen LogP contribution in [0.2, 0.25) is 0 Å². The summed E-state index contributed by atoms with van der Waals surface area (Å²) in [6.07, 6.45) is 3.88. The van der Waals surface area contributed by atoms with E-state index in [9.17, 15) is 9.59 Å². The van der Waals surface area contributed by atoms with E-state index in [1.807, 2.05) is 35.9 Å². The molecule has 1 aliphatic heterocycles. The Morgan fingerprint density at radius 1 is 1.14 bits per heavy atom. The molecule has 1 fully saturated rings. The molecular weight excluding hydrogens is 370 g/mol. The monoisotopic (exact) mass is 393 g/mol. The third kappa shape index (κ3) is 4.25. The lowest BCUT2D eigenvalue weighted by molar-refractivity contribution is 0.0679. The normalized spacial score (nSPS) is 16.0. The minimum absolute atomic E-state index is 0.104. The predicted molar refractivity (Wildman–Crippen MR) is 109 cm³/mol. The molecule has 150 valence electrons. The van der Waals surface area contributed by atoms with Gasteiger partial charge in [-0.25, -0.2) is 0 Å². The van der Waals surface area contributed by atoms with Gasteiger partial charge in [0.1, 0.15) is 12.4 Å². The van der Waals surface area contributed by atoms with Crippen LogP contribution < -0.4 is 15.6 Å². The number of ether oxygens (including phenoxy) is 2. The molecule has 0 aliphatic carbocycles.